The van der Waals surface area contributed by atoms with E-state index in [1.54, 1.807) is 11.2 Å². The maximum atomic E-state index is 12.8. The van der Waals surface area contributed by atoms with Crippen LogP contribution in [0.5, 0.6) is 0 Å². The predicted octanol–water partition coefficient (Wildman–Crippen LogP) is 1.77. The Bertz CT molecular complexity index is 831. The summed E-state index contributed by atoms with van der Waals surface area (Å²) in [7, 11) is -3.41. The SMILES string of the molecule is Cc1noc(C[C@H]2C[C@H]3CN(S(=O)(=O)c4sccc4C)C[C@H]3O2)n1. The predicted molar refractivity (Wildman–Crippen MR) is 87.3 cm³/mol. The van der Waals surface area contributed by atoms with E-state index in [0.29, 0.717) is 35.4 Å². The van der Waals surface area contributed by atoms with E-state index in [1.165, 1.54) is 11.3 Å². The molecule has 2 aromatic heterocycles. The maximum absolute atomic E-state index is 12.8. The summed E-state index contributed by atoms with van der Waals surface area (Å²) in [6.45, 7) is 4.55. The van der Waals surface area contributed by atoms with Crippen molar-refractivity contribution in [2.75, 3.05) is 13.1 Å². The highest BCUT2D eigenvalue weighted by molar-refractivity contribution is 7.91. The van der Waals surface area contributed by atoms with Crippen LogP contribution in [0.25, 0.3) is 0 Å². The molecule has 2 aromatic rings. The number of rotatable bonds is 4. The fourth-order valence-corrected chi connectivity index (χ4v) is 6.57. The van der Waals surface area contributed by atoms with Crippen LogP contribution in [0.4, 0.5) is 0 Å². The molecule has 0 radical (unpaired) electrons. The fraction of sp³-hybridized carbons (Fsp3) is 0.600. The van der Waals surface area contributed by atoms with E-state index in [0.717, 1.165) is 12.0 Å². The van der Waals surface area contributed by atoms with Gasteiger partial charge in [0.2, 0.25) is 5.89 Å². The highest BCUT2D eigenvalue weighted by Gasteiger charge is 2.46. The third-order valence-corrected chi connectivity index (χ3v) is 8.14. The molecular weight excluding hydrogens is 350 g/mol. The number of hydrogen-bond donors (Lipinski definition) is 0. The van der Waals surface area contributed by atoms with Gasteiger partial charge in [-0.25, -0.2) is 8.42 Å². The number of sulfonamides is 1. The van der Waals surface area contributed by atoms with Gasteiger partial charge in [0.15, 0.2) is 5.82 Å². The number of hydrogen-bond acceptors (Lipinski definition) is 7. The van der Waals surface area contributed by atoms with E-state index >= 15 is 0 Å². The summed E-state index contributed by atoms with van der Waals surface area (Å²) in [6, 6.07) is 1.84. The van der Waals surface area contributed by atoms with Gasteiger partial charge in [0.25, 0.3) is 10.0 Å². The first-order valence-electron chi connectivity index (χ1n) is 7.92. The first kappa shape index (κ1) is 16.2. The molecule has 0 N–H and O–H groups in total. The Labute approximate surface area is 144 Å². The number of aryl methyl sites for hydroxylation is 2. The highest BCUT2D eigenvalue weighted by Crippen LogP contribution is 2.37. The third kappa shape index (κ3) is 2.79. The average molecular weight is 369 g/mol. The zero-order valence-electron chi connectivity index (χ0n) is 13.5. The zero-order chi connectivity index (χ0) is 16.9. The monoisotopic (exact) mass is 369 g/mol. The van der Waals surface area contributed by atoms with Crippen molar-refractivity contribution in [2.24, 2.45) is 5.92 Å². The molecule has 24 heavy (non-hydrogen) atoms. The van der Waals surface area contributed by atoms with Crippen molar-refractivity contribution < 1.29 is 17.7 Å². The number of ether oxygens (including phenoxy) is 1. The second-order valence-electron chi connectivity index (χ2n) is 6.44. The van der Waals surface area contributed by atoms with Crippen molar-refractivity contribution >= 4 is 21.4 Å². The lowest BCUT2D eigenvalue weighted by molar-refractivity contribution is 0.0400. The summed E-state index contributed by atoms with van der Waals surface area (Å²) in [5, 5.41) is 5.60. The van der Waals surface area contributed by atoms with Crippen molar-refractivity contribution in [3.8, 4) is 0 Å². The quantitative estimate of drug-likeness (QED) is 0.816. The van der Waals surface area contributed by atoms with Gasteiger partial charge in [-0.2, -0.15) is 9.29 Å². The van der Waals surface area contributed by atoms with Crippen molar-refractivity contribution in [3.63, 3.8) is 0 Å². The number of nitrogens with zero attached hydrogens (tertiary/aromatic N) is 3. The molecule has 9 heteroatoms. The van der Waals surface area contributed by atoms with E-state index in [9.17, 15) is 8.42 Å². The van der Waals surface area contributed by atoms with Crippen LogP contribution >= 0.6 is 11.3 Å². The lowest BCUT2D eigenvalue weighted by Gasteiger charge is -2.18. The average Bonchev–Trinajstić information content (AvgIpc) is 3.23. The lowest BCUT2D eigenvalue weighted by atomic mass is 10.0. The summed E-state index contributed by atoms with van der Waals surface area (Å²) in [5.41, 5.74) is 0.808. The molecule has 0 saturated carbocycles. The van der Waals surface area contributed by atoms with Crippen molar-refractivity contribution in [2.45, 2.75) is 43.1 Å². The normalized spacial score (nSPS) is 27.7. The molecule has 7 nitrogen and oxygen atoms in total. The zero-order valence-corrected chi connectivity index (χ0v) is 15.1. The van der Waals surface area contributed by atoms with Gasteiger partial charge >= 0.3 is 0 Å². The van der Waals surface area contributed by atoms with Gasteiger partial charge in [0, 0.05) is 19.0 Å². The molecule has 4 rings (SSSR count). The third-order valence-electron chi connectivity index (χ3n) is 4.64. The molecule has 0 bridgehead atoms. The first-order chi connectivity index (χ1) is 11.4. The van der Waals surface area contributed by atoms with Crippen LogP contribution in [0.15, 0.2) is 20.2 Å². The smallest absolute Gasteiger partial charge is 0.252 e. The Kier molecular flexibility index (Phi) is 3.98. The van der Waals surface area contributed by atoms with Crippen molar-refractivity contribution in [1.29, 1.82) is 0 Å². The van der Waals surface area contributed by atoms with Gasteiger partial charge < -0.3 is 9.26 Å². The summed E-state index contributed by atoms with van der Waals surface area (Å²) in [5.74, 6) is 1.43. The van der Waals surface area contributed by atoms with E-state index in [4.69, 9.17) is 9.26 Å². The van der Waals surface area contributed by atoms with Gasteiger partial charge in [0.05, 0.1) is 18.6 Å². The van der Waals surface area contributed by atoms with E-state index < -0.39 is 10.0 Å². The van der Waals surface area contributed by atoms with Crippen molar-refractivity contribution in [3.05, 3.63) is 28.7 Å². The molecule has 2 fully saturated rings. The van der Waals surface area contributed by atoms with E-state index in [1.807, 2.05) is 18.4 Å². The van der Waals surface area contributed by atoms with Gasteiger partial charge in [-0.3, -0.25) is 0 Å². The van der Waals surface area contributed by atoms with Crippen LogP contribution in [0.3, 0.4) is 0 Å². The Morgan fingerprint density at radius 1 is 1.38 bits per heavy atom. The molecule has 0 aliphatic carbocycles. The molecule has 0 spiro atoms. The molecule has 2 saturated heterocycles. The van der Waals surface area contributed by atoms with Gasteiger partial charge in [-0.05, 0) is 37.3 Å². The molecule has 2 aliphatic heterocycles. The topological polar surface area (TPSA) is 85.5 Å². The minimum absolute atomic E-state index is 0.0215. The molecule has 0 unspecified atom stereocenters. The molecule has 0 aromatic carbocycles. The van der Waals surface area contributed by atoms with Crippen molar-refractivity contribution in [1.82, 2.24) is 14.4 Å². The summed E-state index contributed by atoms with van der Waals surface area (Å²) >= 11 is 1.28. The van der Waals surface area contributed by atoms with Crippen LogP contribution in [0.2, 0.25) is 0 Å². The standard InChI is InChI=1S/C15H19N3O4S2/c1-9-3-4-23-15(9)24(19,20)18-7-11-5-12(21-13(11)8-18)6-14-16-10(2)17-22-14/h3-4,11-13H,5-8H2,1-2H3/t11-,12+,13+/m0/s1. The Morgan fingerprint density at radius 3 is 2.83 bits per heavy atom. The summed E-state index contributed by atoms with van der Waals surface area (Å²) < 4.78 is 38.7. The number of aromatic nitrogens is 2. The fourth-order valence-electron chi connectivity index (χ4n) is 3.51. The van der Waals surface area contributed by atoms with Crippen LogP contribution in [-0.4, -0.2) is 48.2 Å². The maximum Gasteiger partial charge on any atom is 0.252 e. The minimum atomic E-state index is -3.41. The van der Waals surface area contributed by atoms with Gasteiger partial charge in [-0.15, -0.1) is 11.3 Å². The molecule has 2 aliphatic rings. The number of thiophene rings is 1. The van der Waals surface area contributed by atoms with Crippen LogP contribution < -0.4 is 0 Å². The number of fused-ring (bicyclic) bond motifs is 1. The molecule has 3 atom stereocenters. The second kappa shape index (κ2) is 5.91. The second-order valence-corrected chi connectivity index (χ2v) is 9.49. The Morgan fingerprint density at radius 2 is 2.21 bits per heavy atom. The van der Waals surface area contributed by atoms with Gasteiger partial charge in [0.1, 0.15) is 4.21 Å². The van der Waals surface area contributed by atoms with E-state index in [2.05, 4.69) is 10.1 Å². The molecular formula is C15H19N3O4S2. The summed E-state index contributed by atoms with van der Waals surface area (Å²) in [4.78, 5) is 4.20. The molecule has 4 heterocycles. The molecule has 0 amide bonds. The molecule has 130 valence electrons. The largest absolute Gasteiger partial charge is 0.373 e. The van der Waals surface area contributed by atoms with Gasteiger partial charge in [-0.1, -0.05) is 5.16 Å². The van der Waals surface area contributed by atoms with Crippen LogP contribution in [-0.2, 0) is 21.2 Å². The highest BCUT2D eigenvalue weighted by atomic mass is 32.2. The Balaban J connectivity index is 1.42. The minimum Gasteiger partial charge on any atom is -0.373 e. The van der Waals surface area contributed by atoms with Crippen LogP contribution in [0, 0.1) is 19.8 Å². The van der Waals surface area contributed by atoms with E-state index in [-0.39, 0.29) is 18.1 Å². The lowest BCUT2D eigenvalue weighted by Crippen LogP contribution is -2.31. The Hall–Kier alpha value is -1.29. The first-order valence-corrected chi connectivity index (χ1v) is 10.2. The summed E-state index contributed by atoms with van der Waals surface area (Å²) in [6.07, 6.45) is 1.38. The van der Waals surface area contributed by atoms with Crippen LogP contribution in [0.1, 0.15) is 23.7 Å².